The van der Waals surface area contributed by atoms with E-state index in [2.05, 4.69) is 20.8 Å². The van der Waals surface area contributed by atoms with Crippen LogP contribution < -0.4 is 10.9 Å². The van der Waals surface area contributed by atoms with Crippen molar-refractivity contribution >= 4 is 40.2 Å². The molecule has 2 amide bonds. The van der Waals surface area contributed by atoms with Gasteiger partial charge < -0.3 is 4.74 Å². The molecule has 3 aromatic rings. The van der Waals surface area contributed by atoms with Gasteiger partial charge in [0.15, 0.2) is 6.61 Å². The average molecular weight is 384 g/mol. The highest BCUT2D eigenvalue weighted by Crippen LogP contribution is 2.15. The summed E-state index contributed by atoms with van der Waals surface area (Å²) in [6.45, 7) is 3.17. The van der Waals surface area contributed by atoms with Crippen molar-refractivity contribution in [3.05, 3.63) is 57.5 Å². The van der Waals surface area contributed by atoms with Crippen molar-refractivity contribution in [1.82, 2.24) is 20.8 Å². The molecule has 0 saturated carbocycles. The fraction of sp³-hybridized carbons (Fsp3) is 0.167. The monoisotopic (exact) mass is 384 g/mol. The Balaban J connectivity index is 1.55. The minimum atomic E-state index is -0.670. The van der Waals surface area contributed by atoms with Crippen molar-refractivity contribution in [2.24, 2.45) is 0 Å². The smallest absolute Gasteiger partial charge is 0.338 e. The molecule has 0 radical (unpaired) electrons. The number of carbonyl (C=O) groups is 3. The summed E-state index contributed by atoms with van der Waals surface area (Å²) in [5.41, 5.74) is 7.53. The van der Waals surface area contributed by atoms with Gasteiger partial charge >= 0.3 is 5.97 Å². The molecule has 0 unspecified atom stereocenters. The van der Waals surface area contributed by atoms with Crippen LogP contribution in [0.4, 0.5) is 0 Å². The molecule has 8 nitrogen and oxygen atoms in total. The van der Waals surface area contributed by atoms with Gasteiger partial charge in [-0.15, -0.1) is 11.3 Å². The van der Waals surface area contributed by atoms with Crippen molar-refractivity contribution in [1.29, 1.82) is 0 Å². The van der Waals surface area contributed by atoms with Crippen molar-refractivity contribution in [3.63, 3.8) is 0 Å². The fourth-order valence-electron chi connectivity index (χ4n) is 2.20. The van der Waals surface area contributed by atoms with E-state index in [1.807, 2.05) is 13.8 Å². The van der Waals surface area contributed by atoms with Gasteiger partial charge in [0, 0.05) is 0 Å². The van der Waals surface area contributed by atoms with Crippen molar-refractivity contribution in [2.75, 3.05) is 6.61 Å². The summed E-state index contributed by atoms with van der Waals surface area (Å²) in [7, 11) is 0. The number of ether oxygens (including phenoxy) is 1. The Hall–Kier alpha value is -3.33. The van der Waals surface area contributed by atoms with Crippen LogP contribution in [0.2, 0.25) is 0 Å². The topological polar surface area (TPSA) is 110 Å². The maximum absolute atomic E-state index is 12.1. The SMILES string of the molecule is Cc1nc2ccc(C(=O)OCC(=O)NNC(=O)c3cccs3)cc2nc1C. The summed E-state index contributed by atoms with van der Waals surface area (Å²) in [4.78, 5) is 44.8. The van der Waals surface area contributed by atoms with Crippen molar-refractivity contribution < 1.29 is 19.1 Å². The van der Waals surface area contributed by atoms with Gasteiger partial charge in [-0.2, -0.15) is 0 Å². The van der Waals surface area contributed by atoms with Crippen LogP contribution in [-0.2, 0) is 9.53 Å². The Kier molecular flexibility index (Phi) is 5.41. The first-order chi connectivity index (χ1) is 12.9. The first-order valence-electron chi connectivity index (χ1n) is 7.99. The van der Waals surface area contributed by atoms with Gasteiger partial charge in [0.2, 0.25) is 0 Å². The molecule has 0 atom stereocenters. The summed E-state index contributed by atoms with van der Waals surface area (Å²) in [6.07, 6.45) is 0. The van der Waals surface area contributed by atoms with E-state index in [9.17, 15) is 14.4 Å². The van der Waals surface area contributed by atoms with Gasteiger partial charge in [0.25, 0.3) is 11.8 Å². The second kappa shape index (κ2) is 7.92. The standard InChI is InChI=1S/C18H16N4O4S/c1-10-11(2)20-14-8-12(5-6-13(14)19-10)18(25)26-9-16(23)21-22-17(24)15-4-3-7-27-15/h3-8H,9H2,1-2H3,(H,21,23)(H,22,24). The highest BCUT2D eigenvalue weighted by Gasteiger charge is 2.13. The molecule has 27 heavy (non-hydrogen) atoms. The summed E-state index contributed by atoms with van der Waals surface area (Å²) >= 11 is 1.24. The average Bonchev–Trinajstić information content (AvgIpc) is 3.19. The molecule has 9 heteroatoms. The molecule has 138 valence electrons. The van der Waals surface area contributed by atoms with E-state index in [1.54, 1.807) is 35.7 Å². The molecule has 0 fully saturated rings. The Morgan fingerprint density at radius 2 is 1.78 bits per heavy atom. The highest BCUT2D eigenvalue weighted by atomic mass is 32.1. The van der Waals surface area contributed by atoms with Crippen LogP contribution in [0.5, 0.6) is 0 Å². The Morgan fingerprint density at radius 1 is 1.04 bits per heavy atom. The number of rotatable bonds is 4. The normalized spacial score (nSPS) is 10.4. The lowest BCUT2D eigenvalue weighted by atomic mass is 10.2. The third-order valence-electron chi connectivity index (χ3n) is 3.71. The van der Waals surface area contributed by atoms with E-state index < -0.39 is 24.4 Å². The van der Waals surface area contributed by atoms with Crippen LogP contribution in [0.3, 0.4) is 0 Å². The minimum absolute atomic E-state index is 0.260. The predicted octanol–water partition coefficient (Wildman–Crippen LogP) is 1.93. The number of aromatic nitrogens is 2. The number of hydrazine groups is 1. The van der Waals surface area contributed by atoms with Crippen LogP contribution in [0.25, 0.3) is 11.0 Å². The second-order valence-electron chi connectivity index (χ2n) is 5.65. The number of benzene rings is 1. The van der Waals surface area contributed by atoms with Gasteiger partial charge in [-0.25, -0.2) is 14.8 Å². The van der Waals surface area contributed by atoms with Gasteiger partial charge in [-0.3, -0.25) is 20.4 Å². The van der Waals surface area contributed by atoms with Crippen molar-refractivity contribution in [3.8, 4) is 0 Å². The molecule has 3 rings (SSSR count). The van der Waals surface area contributed by atoms with E-state index in [0.717, 1.165) is 11.4 Å². The molecule has 2 N–H and O–H groups in total. The summed E-state index contributed by atoms with van der Waals surface area (Å²) in [5, 5.41) is 1.75. The summed E-state index contributed by atoms with van der Waals surface area (Å²) < 4.78 is 4.97. The Labute approximate surface area is 158 Å². The maximum atomic E-state index is 12.1. The Bertz CT molecular complexity index is 1020. The number of carbonyl (C=O) groups excluding carboxylic acids is 3. The van der Waals surface area contributed by atoms with E-state index in [0.29, 0.717) is 15.9 Å². The zero-order valence-electron chi connectivity index (χ0n) is 14.6. The molecule has 0 saturated heterocycles. The first kappa shape index (κ1) is 18.5. The molecule has 2 aromatic heterocycles. The van der Waals surface area contributed by atoms with E-state index >= 15 is 0 Å². The molecular weight excluding hydrogens is 368 g/mol. The van der Waals surface area contributed by atoms with Gasteiger partial charge in [-0.1, -0.05) is 6.07 Å². The van der Waals surface area contributed by atoms with E-state index in [4.69, 9.17) is 4.74 Å². The predicted molar refractivity (Wildman–Crippen MR) is 99.2 cm³/mol. The fourth-order valence-corrected chi connectivity index (χ4v) is 2.82. The van der Waals surface area contributed by atoms with Crippen LogP contribution in [0, 0.1) is 13.8 Å². The largest absolute Gasteiger partial charge is 0.452 e. The molecule has 0 aliphatic carbocycles. The Morgan fingerprint density at radius 3 is 2.48 bits per heavy atom. The number of hydrogen-bond donors (Lipinski definition) is 2. The molecule has 2 heterocycles. The lowest BCUT2D eigenvalue weighted by molar-refractivity contribution is -0.125. The zero-order valence-corrected chi connectivity index (χ0v) is 15.4. The summed E-state index contributed by atoms with van der Waals surface area (Å²) in [5.74, 6) is -1.76. The third kappa shape index (κ3) is 4.45. The lowest BCUT2D eigenvalue weighted by Gasteiger charge is -2.08. The van der Waals surface area contributed by atoms with Crippen molar-refractivity contribution in [2.45, 2.75) is 13.8 Å². The number of esters is 1. The number of amides is 2. The number of aryl methyl sites for hydroxylation is 2. The zero-order chi connectivity index (χ0) is 19.4. The second-order valence-corrected chi connectivity index (χ2v) is 6.60. The van der Waals surface area contributed by atoms with E-state index in [1.165, 1.54) is 11.3 Å². The van der Waals surface area contributed by atoms with Gasteiger partial charge in [0.05, 0.1) is 32.9 Å². The lowest BCUT2D eigenvalue weighted by Crippen LogP contribution is -2.43. The quantitative estimate of drug-likeness (QED) is 0.525. The number of nitrogens with zero attached hydrogens (tertiary/aromatic N) is 2. The number of nitrogens with one attached hydrogen (secondary N) is 2. The first-order valence-corrected chi connectivity index (χ1v) is 8.87. The third-order valence-corrected chi connectivity index (χ3v) is 4.57. The number of fused-ring (bicyclic) bond motifs is 1. The number of thiophene rings is 1. The number of hydrogen-bond acceptors (Lipinski definition) is 7. The molecular formula is C18H16N4O4S. The van der Waals surface area contributed by atoms with Gasteiger partial charge in [-0.05, 0) is 43.5 Å². The minimum Gasteiger partial charge on any atom is -0.452 e. The van der Waals surface area contributed by atoms with Crippen LogP contribution in [0.1, 0.15) is 31.4 Å². The molecule has 0 aliphatic heterocycles. The van der Waals surface area contributed by atoms with Crippen LogP contribution >= 0.6 is 11.3 Å². The molecule has 1 aromatic carbocycles. The molecule has 0 aliphatic rings. The van der Waals surface area contributed by atoms with Gasteiger partial charge in [0.1, 0.15) is 0 Å². The van der Waals surface area contributed by atoms with Crippen LogP contribution in [-0.4, -0.2) is 34.4 Å². The highest BCUT2D eigenvalue weighted by molar-refractivity contribution is 7.12. The molecule has 0 bridgehead atoms. The van der Waals surface area contributed by atoms with Crippen LogP contribution in [0.15, 0.2) is 35.7 Å². The van der Waals surface area contributed by atoms with E-state index in [-0.39, 0.29) is 5.56 Å². The molecule has 0 spiro atoms. The maximum Gasteiger partial charge on any atom is 0.338 e. The summed E-state index contributed by atoms with van der Waals surface area (Å²) in [6, 6.07) is 8.14.